The molecule has 0 radical (unpaired) electrons. The number of benzene rings is 2. The third-order valence-corrected chi connectivity index (χ3v) is 3.31. The standard InChI is InChI=1S/C15H15ClN2S/c1-10-2-7-14(13(8-10)15(17)19)18-9-11-3-5-12(16)6-4-11/h2-8,18H,9H2,1H3,(H2,17,19). The van der Waals surface area contributed by atoms with Gasteiger partial charge in [-0.1, -0.05) is 47.6 Å². The fraction of sp³-hybridized carbons (Fsp3) is 0.133. The van der Waals surface area contributed by atoms with Crippen LogP contribution < -0.4 is 11.1 Å². The second-order valence-corrected chi connectivity index (χ2v) is 5.27. The second-order valence-electron chi connectivity index (χ2n) is 4.39. The van der Waals surface area contributed by atoms with E-state index in [0.29, 0.717) is 11.5 Å². The Morgan fingerprint density at radius 3 is 2.53 bits per heavy atom. The van der Waals surface area contributed by atoms with Gasteiger partial charge in [0.05, 0.1) is 0 Å². The fourth-order valence-electron chi connectivity index (χ4n) is 1.82. The molecule has 0 aliphatic heterocycles. The SMILES string of the molecule is Cc1ccc(NCc2ccc(Cl)cc2)c(C(N)=S)c1. The number of aryl methyl sites for hydroxylation is 1. The summed E-state index contributed by atoms with van der Waals surface area (Å²) in [6, 6.07) is 13.8. The predicted molar refractivity (Wildman–Crippen MR) is 85.8 cm³/mol. The number of thiocarbonyl (C=S) groups is 1. The van der Waals surface area contributed by atoms with E-state index in [1.54, 1.807) is 0 Å². The molecule has 0 saturated heterocycles. The van der Waals surface area contributed by atoms with Crippen molar-refractivity contribution >= 4 is 34.5 Å². The number of rotatable bonds is 4. The van der Waals surface area contributed by atoms with E-state index >= 15 is 0 Å². The van der Waals surface area contributed by atoms with E-state index in [1.165, 1.54) is 0 Å². The van der Waals surface area contributed by atoms with Crippen LogP contribution in [0.3, 0.4) is 0 Å². The van der Waals surface area contributed by atoms with E-state index in [2.05, 4.69) is 5.32 Å². The van der Waals surface area contributed by atoms with Crippen LogP contribution in [0.25, 0.3) is 0 Å². The quantitative estimate of drug-likeness (QED) is 0.839. The minimum Gasteiger partial charge on any atom is -0.389 e. The summed E-state index contributed by atoms with van der Waals surface area (Å²) >= 11 is 10.9. The maximum atomic E-state index is 5.86. The average Bonchev–Trinajstić information content (AvgIpc) is 2.39. The van der Waals surface area contributed by atoms with Gasteiger partial charge >= 0.3 is 0 Å². The van der Waals surface area contributed by atoms with Crippen LogP contribution in [-0.2, 0) is 6.54 Å². The van der Waals surface area contributed by atoms with Crippen LogP contribution in [0.1, 0.15) is 16.7 Å². The minimum absolute atomic E-state index is 0.405. The van der Waals surface area contributed by atoms with Gasteiger partial charge < -0.3 is 11.1 Å². The van der Waals surface area contributed by atoms with Gasteiger partial charge in [0.1, 0.15) is 4.99 Å². The van der Waals surface area contributed by atoms with Crippen LogP contribution in [0.4, 0.5) is 5.69 Å². The Morgan fingerprint density at radius 2 is 1.89 bits per heavy atom. The zero-order chi connectivity index (χ0) is 13.8. The highest BCUT2D eigenvalue weighted by molar-refractivity contribution is 7.80. The first kappa shape index (κ1) is 13.8. The van der Waals surface area contributed by atoms with E-state index in [-0.39, 0.29) is 0 Å². The van der Waals surface area contributed by atoms with Crippen molar-refractivity contribution < 1.29 is 0 Å². The molecule has 2 aromatic carbocycles. The third-order valence-electron chi connectivity index (χ3n) is 2.84. The number of halogens is 1. The van der Waals surface area contributed by atoms with Crippen LogP contribution in [0.15, 0.2) is 42.5 Å². The van der Waals surface area contributed by atoms with Gasteiger partial charge in [-0.25, -0.2) is 0 Å². The summed E-state index contributed by atoms with van der Waals surface area (Å²) in [4.78, 5) is 0.405. The van der Waals surface area contributed by atoms with Crippen molar-refractivity contribution in [3.8, 4) is 0 Å². The molecular weight excluding hydrogens is 276 g/mol. The smallest absolute Gasteiger partial charge is 0.106 e. The summed E-state index contributed by atoms with van der Waals surface area (Å²) in [6.45, 7) is 2.72. The second kappa shape index (κ2) is 6.04. The number of anilines is 1. The highest BCUT2D eigenvalue weighted by Gasteiger charge is 2.05. The predicted octanol–water partition coefficient (Wildman–Crippen LogP) is 3.89. The normalized spacial score (nSPS) is 10.2. The van der Waals surface area contributed by atoms with E-state index in [9.17, 15) is 0 Å². The molecule has 98 valence electrons. The van der Waals surface area contributed by atoms with Crippen molar-refractivity contribution in [1.29, 1.82) is 0 Å². The molecule has 3 N–H and O–H groups in total. The lowest BCUT2D eigenvalue weighted by Crippen LogP contribution is -2.13. The van der Waals surface area contributed by atoms with E-state index in [0.717, 1.165) is 27.4 Å². The molecule has 0 bridgehead atoms. The largest absolute Gasteiger partial charge is 0.389 e. The van der Waals surface area contributed by atoms with E-state index in [1.807, 2.05) is 49.4 Å². The molecule has 0 spiro atoms. The first-order valence-electron chi connectivity index (χ1n) is 5.95. The third kappa shape index (κ3) is 3.69. The van der Waals surface area contributed by atoms with Gasteiger partial charge in [0.15, 0.2) is 0 Å². The van der Waals surface area contributed by atoms with Gasteiger partial charge in [-0.3, -0.25) is 0 Å². The molecule has 0 fully saturated rings. The molecule has 2 aromatic rings. The summed E-state index contributed by atoms with van der Waals surface area (Å²) in [6.07, 6.45) is 0. The summed E-state index contributed by atoms with van der Waals surface area (Å²) in [5.41, 5.74) is 9.87. The highest BCUT2D eigenvalue weighted by Crippen LogP contribution is 2.19. The molecule has 0 amide bonds. The van der Waals surface area contributed by atoms with Gasteiger partial charge in [-0.2, -0.15) is 0 Å². The van der Waals surface area contributed by atoms with Crippen LogP contribution in [0, 0.1) is 6.92 Å². The molecule has 2 rings (SSSR count). The van der Waals surface area contributed by atoms with Gasteiger partial charge in [-0.05, 0) is 36.8 Å². The number of nitrogens with one attached hydrogen (secondary N) is 1. The molecule has 0 saturated carbocycles. The fourth-order valence-corrected chi connectivity index (χ4v) is 2.11. The molecule has 4 heteroatoms. The summed E-state index contributed by atoms with van der Waals surface area (Å²) in [5.74, 6) is 0. The van der Waals surface area contributed by atoms with Gasteiger partial charge in [-0.15, -0.1) is 0 Å². The molecule has 0 unspecified atom stereocenters. The summed E-state index contributed by atoms with van der Waals surface area (Å²) in [7, 11) is 0. The van der Waals surface area contributed by atoms with Gasteiger partial charge in [0.2, 0.25) is 0 Å². The summed E-state index contributed by atoms with van der Waals surface area (Å²) in [5, 5.41) is 4.09. The molecular formula is C15H15ClN2S. The average molecular weight is 291 g/mol. The lowest BCUT2D eigenvalue weighted by atomic mass is 10.1. The topological polar surface area (TPSA) is 38.0 Å². The lowest BCUT2D eigenvalue weighted by molar-refractivity contribution is 1.15. The minimum atomic E-state index is 0.405. The maximum Gasteiger partial charge on any atom is 0.106 e. The van der Waals surface area contributed by atoms with Crippen molar-refractivity contribution in [2.75, 3.05) is 5.32 Å². The van der Waals surface area contributed by atoms with Crippen LogP contribution in [0.5, 0.6) is 0 Å². The number of hydrogen-bond acceptors (Lipinski definition) is 2. The van der Waals surface area contributed by atoms with Crippen LogP contribution in [0.2, 0.25) is 5.02 Å². The maximum absolute atomic E-state index is 5.86. The molecule has 19 heavy (non-hydrogen) atoms. The number of nitrogens with two attached hydrogens (primary N) is 1. The monoisotopic (exact) mass is 290 g/mol. The Labute approximate surface area is 123 Å². The Bertz CT molecular complexity index is 594. The van der Waals surface area contributed by atoms with E-state index in [4.69, 9.17) is 29.6 Å². The molecule has 0 aliphatic rings. The van der Waals surface area contributed by atoms with Crippen molar-refractivity contribution in [1.82, 2.24) is 0 Å². The first-order valence-corrected chi connectivity index (χ1v) is 6.73. The first-order chi connectivity index (χ1) is 9.06. The number of hydrogen-bond donors (Lipinski definition) is 2. The molecule has 0 heterocycles. The Morgan fingerprint density at radius 1 is 1.21 bits per heavy atom. The summed E-state index contributed by atoms with van der Waals surface area (Å²) < 4.78 is 0. The van der Waals surface area contributed by atoms with Gasteiger partial charge in [0.25, 0.3) is 0 Å². The van der Waals surface area contributed by atoms with E-state index < -0.39 is 0 Å². The molecule has 2 nitrogen and oxygen atoms in total. The zero-order valence-corrected chi connectivity index (χ0v) is 12.2. The molecule has 0 aliphatic carbocycles. The van der Waals surface area contributed by atoms with Crippen molar-refractivity contribution in [3.63, 3.8) is 0 Å². The van der Waals surface area contributed by atoms with Crippen molar-refractivity contribution in [2.45, 2.75) is 13.5 Å². The molecule has 0 aromatic heterocycles. The highest BCUT2D eigenvalue weighted by atomic mass is 35.5. The van der Waals surface area contributed by atoms with Crippen molar-refractivity contribution in [2.24, 2.45) is 5.73 Å². The Hall–Kier alpha value is -1.58. The van der Waals surface area contributed by atoms with Gasteiger partial charge in [0, 0.05) is 22.8 Å². The van der Waals surface area contributed by atoms with Crippen LogP contribution in [-0.4, -0.2) is 4.99 Å². The van der Waals surface area contributed by atoms with Crippen molar-refractivity contribution in [3.05, 3.63) is 64.2 Å². The Balaban J connectivity index is 2.15. The van der Waals surface area contributed by atoms with Crippen LogP contribution >= 0.6 is 23.8 Å². The zero-order valence-electron chi connectivity index (χ0n) is 10.6. The lowest BCUT2D eigenvalue weighted by Gasteiger charge is -2.12. The molecule has 0 atom stereocenters. The Kier molecular flexibility index (Phi) is 4.40.